The van der Waals surface area contributed by atoms with E-state index in [9.17, 15) is 0 Å². The summed E-state index contributed by atoms with van der Waals surface area (Å²) < 4.78 is 1.97. The van der Waals surface area contributed by atoms with Crippen molar-refractivity contribution in [3.8, 4) is 0 Å². The molecule has 2 aromatic rings. The molecule has 1 aliphatic rings. The van der Waals surface area contributed by atoms with E-state index in [2.05, 4.69) is 58.6 Å². The van der Waals surface area contributed by atoms with Crippen molar-refractivity contribution in [2.45, 2.75) is 12.6 Å². The van der Waals surface area contributed by atoms with Gasteiger partial charge in [-0.2, -0.15) is 5.10 Å². The summed E-state index contributed by atoms with van der Waals surface area (Å²) in [6, 6.07) is 9.00. The Balaban J connectivity index is 1.62. The first-order valence-electron chi connectivity index (χ1n) is 7.65. The van der Waals surface area contributed by atoms with Gasteiger partial charge in [-0.1, -0.05) is 18.2 Å². The van der Waals surface area contributed by atoms with Crippen LogP contribution in [0.1, 0.15) is 5.69 Å². The van der Waals surface area contributed by atoms with Gasteiger partial charge in [0.25, 0.3) is 0 Å². The van der Waals surface area contributed by atoms with Gasteiger partial charge in [0.15, 0.2) is 0 Å². The first kappa shape index (κ1) is 14.5. The average Bonchev–Trinajstić information content (AvgIpc) is 2.80. The normalized spacial score (nSPS) is 21.2. The van der Waals surface area contributed by atoms with Gasteiger partial charge < -0.3 is 10.2 Å². The van der Waals surface area contributed by atoms with Crippen LogP contribution in [0.5, 0.6) is 0 Å². The third-order valence-electron chi connectivity index (χ3n) is 4.49. The molecule has 1 aromatic carbocycles. The number of aromatic nitrogens is 2. The van der Waals surface area contributed by atoms with E-state index in [0.29, 0.717) is 6.04 Å². The molecule has 0 bridgehead atoms. The maximum absolute atomic E-state index is 4.64. The largest absolute Gasteiger partial charge is 0.309 e. The molecule has 0 spiro atoms. The van der Waals surface area contributed by atoms with Crippen LogP contribution in [0.15, 0.2) is 24.3 Å². The van der Waals surface area contributed by atoms with Crippen LogP contribution in [-0.4, -0.2) is 65.9 Å². The molecule has 1 saturated heterocycles. The van der Waals surface area contributed by atoms with Crippen LogP contribution in [0.25, 0.3) is 10.9 Å². The molecule has 1 unspecified atom stereocenters. The summed E-state index contributed by atoms with van der Waals surface area (Å²) >= 11 is 0. The standard InChI is InChI=1S/C16H25N5/c1-19-8-9-20(2)13(12-19)10-17-11-15-14-6-4-5-7-16(14)21(3)18-15/h4-7,13,17H,8-12H2,1-3H3. The Labute approximate surface area is 126 Å². The molecule has 5 heteroatoms. The van der Waals surface area contributed by atoms with E-state index in [1.54, 1.807) is 0 Å². The monoisotopic (exact) mass is 287 g/mol. The lowest BCUT2D eigenvalue weighted by Gasteiger charge is -2.37. The fourth-order valence-corrected chi connectivity index (χ4v) is 3.10. The van der Waals surface area contributed by atoms with Crippen molar-refractivity contribution in [3.05, 3.63) is 30.0 Å². The molecule has 0 radical (unpaired) electrons. The first-order valence-corrected chi connectivity index (χ1v) is 7.65. The lowest BCUT2D eigenvalue weighted by molar-refractivity contribution is 0.113. The van der Waals surface area contributed by atoms with E-state index < -0.39 is 0 Å². The maximum Gasteiger partial charge on any atom is 0.0841 e. The van der Waals surface area contributed by atoms with E-state index in [-0.39, 0.29) is 0 Å². The number of nitrogens with one attached hydrogen (secondary N) is 1. The van der Waals surface area contributed by atoms with Crippen molar-refractivity contribution < 1.29 is 0 Å². The lowest BCUT2D eigenvalue weighted by atomic mass is 10.1. The highest BCUT2D eigenvalue weighted by atomic mass is 15.3. The van der Waals surface area contributed by atoms with Crippen molar-refractivity contribution in [3.63, 3.8) is 0 Å². The van der Waals surface area contributed by atoms with Gasteiger partial charge in [-0.05, 0) is 20.2 Å². The Kier molecular flexibility index (Phi) is 4.24. The minimum atomic E-state index is 0.582. The lowest BCUT2D eigenvalue weighted by Crippen LogP contribution is -2.53. The zero-order valence-electron chi connectivity index (χ0n) is 13.2. The Morgan fingerprint density at radius 1 is 1.19 bits per heavy atom. The van der Waals surface area contributed by atoms with E-state index in [1.165, 1.54) is 10.9 Å². The summed E-state index contributed by atoms with van der Waals surface area (Å²) in [7, 11) is 6.43. The van der Waals surface area contributed by atoms with Crippen molar-refractivity contribution in [1.29, 1.82) is 0 Å². The molecule has 0 amide bonds. The van der Waals surface area contributed by atoms with Gasteiger partial charge in [0, 0.05) is 51.2 Å². The number of para-hydroxylation sites is 1. The number of benzene rings is 1. The third-order valence-corrected chi connectivity index (χ3v) is 4.49. The van der Waals surface area contributed by atoms with Gasteiger partial charge in [-0.15, -0.1) is 0 Å². The highest BCUT2D eigenvalue weighted by Crippen LogP contribution is 2.17. The summed E-state index contributed by atoms with van der Waals surface area (Å²) in [5.41, 5.74) is 2.34. The number of rotatable bonds is 4. The molecule has 1 aromatic heterocycles. The highest BCUT2D eigenvalue weighted by molar-refractivity contribution is 5.81. The molecule has 0 saturated carbocycles. The number of fused-ring (bicyclic) bond motifs is 1. The maximum atomic E-state index is 4.64. The van der Waals surface area contributed by atoms with E-state index in [4.69, 9.17) is 0 Å². The second-order valence-electron chi connectivity index (χ2n) is 6.12. The Bertz CT molecular complexity index is 606. The van der Waals surface area contributed by atoms with Gasteiger partial charge in [0.1, 0.15) is 0 Å². The van der Waals surface area contributed by atoms with Crippen molar-refractivity contribution in [1.82, 2.24) is 24.9 Å². The zero-order valence-corrected chi connectivity index (χ0v) is 13.2. The Morgan fingerprint density at radius 3 is 2.86 bits per heavy atom. The molecule has 1 aliphatic heterocycles. The van der Waals surface area contributed by atoms with Crippen LogP contribution in [-0.2, 0) is 13.6 Å². The van der Waals surface area contributed by atoms with Gasteiger partial charge in [-0.25, -0.2) is 0 Å². The summed E-state index contributed by atoms with van der Waals surface area (Å²) in [6.07, 6.45) is 0. The molecule has 114 valence electrons. The van der Waals surface area contributed by atoms with Crippen molar-refractivity contribution in [2.24, 2.45) is 7.05 Å². The summed E-state index contributed by atoms with van der Waals surface area (Å²) in [5, 5.41) is 9.47. The number of aryl methyl sites for hydroxylation is 1. The van der Waals surface area contributed by atoms with Crippen LogP contribution in [0, 0.1) is 0 Å². The van der Waals surface area contributed by atoms with Gasteiger partial charge in [0.05, 0.1) is 11.2 Å². The van der Waals surface area contributed by atoms with E-state index in [1.807, 2.05) is 11.7 Å². The van der Waals surface area contributed by atoms with Gasteiger partial charge >= 0.3 is 0 Å². The van der Waals surface area contributed by atoms with Crippen LogP contribution in [0.3, 0.4) is 0 Å². The highest BCUT2D eigenvalue weighted by Gasteiger charge is 2.21. The quantitative estimate of drug-likeness (QED) is 0.907. The molecule has 21 heavy (non-hydrogen) atoms. The predicted molar refractivity (Wildman–Crippen MR) is 86.3 cm³/mol. The number of likely N-dealkylation sites (N-methyl/N-ethyl adjacent to an activating group) is 2. The third kappa shape index (κ3) is 3.10. The molecule has 5 nitrogen and oxygen atoms in total. The van der Waals surface area contributed by atoms with Crippen LogP contribution < -0.4 is 5.32 Å². The zero-order chi connectivity index (χ0) is 14.8. The number of nitrogens with zero attached hydrogens (tertiary/aromatic N) is 4. The minimum absolute atomic E-state index is 0.582. The second-order valence-corrected chi connectivity index (χ2v) is 6.12. The molecule has 1 N–H and O–H groups in total. The molecule has 1 atom stereocenters. The molecule has 0 aliphatic carbocycles. The van der Waals surface area contributed by atoms with Crippen LogP contribution in [0.2, 0.25) is 0 Å². The van der Waals surface area contributed by atoms with Crippen LogP contribution >= 0.6 is 0 Å². The predicted octanol–water partition coefficient (Wildman–Crippen LogP) is 0.909. The van der Waals surface area contributed by atoms with Gasteiger partial charge in [-0.3, -0.25) is 9.58 Å². The summed E-state index contributed by atoms with van der Waals surface area (Å²) in [5.74, 6) is 0. The number of piperazine rings is 1. The topological polar surface area (TPSA) is 36.3 Å². The molecule has 3 rings (SSSR count). The fraction of sp³-hybridized carbons (Fsp3) is 0.562. The SMILES string of the molecule is CN1CCN(C)C(CNCc2nn(C)c3ccccc23)C1. The first-order chi connectivity index (χ1) is 10.1. The molecule has 1 fully saturated rings. The smallest absolute Gasteiger partial charge is 0.0841 e. The van der Waals surface area contributed by atoms with E-state index in [0.717, 1.165) is 38.4 Å². The molecular formula is C16H25N5. The molecular weight excluding hydrogens is 262 g/mol. The number of hydrogen-bond acceptors (Lipinski definition) is 4. The van der Waals surface area contributed by atoms with Gasteiger partial charge in [0.2, 0.25) is 0 Å². The molecule has 2 heterocycles. The number of hydrogen-bond donors (Lipinski definition) is 1. The average molecular weight is 287 g/mol. The summed E-state index contributed by atoms with van der Waals surface area (Å²) in [6.45, 7) is 5.28. The van der Waals surface area contributed by atoms with E-state index >= 15 is 0 Å². The second kappa shape index (κ2) is 6.13. The van der Waals surface area contributed by atoms with Crippen molar-refractivity contribution in [2.75, 3.05) is 40.3 Å². The Hall–Kier alpha value is -1.43. The minimum Gasteiger partial charge on any atom is -0.309 e. The summed E-state index contributed by atoms with van der Waals surface area (Å²) in [4.78, 5) is 4.85. The fourth-order valence-electron chi connectivity index (χ4n) is 3.10. The van der Waals surface area contributed by atoms with Crippen LogP contribution in [0.4, 0.5) is 0 Å². The van der Waals surface area contributed by atoms with Crippen molar-refractivity contribution >= 4 is 10.9 Å². The Morgan fingerprint density at radius 2 is 2.00 bits per heavy atom.